The minimum Gasteiger partial charge on any atom is -0.455 e. The van der Waals surface area contributed by atoms with Gasteiger partial charge in [-0.1, -0.05) is 158 Å². The van der Waals surface area contributed by atoms with E-state index in [1.54, 1.807) is 0 Å². The number of rotatable bonds is 6. The normalized spacial score (nSPS) is 11.6. The van der Waals surface area contributed by atoms with Crippen LogP contribution in [-0.4, -0.2) is 0 Å². The Morgan fingerprint density at radius 2 is 0.857 bits per heavy atom. The van der Waals surface area contributed by atoms with Crippen LogP contribution in [0.25, 0.3) is 87.6 Å². The lowest BCUT2D eigenvalue weighted by molar-refractivity contribution is 0.673. The first-order chi connectivity index (χ1) is 27.7. The lowest BCUT2D eigenvalue weighted by Crippen LogP contribution is -2.10. The van der Waals surface area contributed by atoms with E-state index in [4.69, 9.17) is 4.42 Å². The van der Waals surface area contributed by atoms with Gasteiger partial charge in [0.2, 0.25) is 0 Å². The van der Waals surface area contributed by atoms with Gasteiger partial charge in [-0.3, -0.25) is 0 Å². The van der Waals surface area contributed by atoms with Gasteiger partial charge in [-0.05, 0) is 109 Å². The third-order valence-corrected chi connectivity index (χ3v) is 11.2. The average molecular weight is 714 g/mol. The van der Waals surface area contributed by atoms with Crippen molar-refractivity contribution in [2.45, 2.75) is 0 Å². The predicted molar refractivity (Wildman–Crippen MR) is 237 cm³/mol. The molecule has 1 heterocycles. The quantitative estimate of drug-likeness (QED) is 0.160. The molecule has 1 aromatic heterocycles. The fourth-order valence-electron chi connectivity index (χ4n) is 8.48. The number of benzene rings is 10. The third-order valence-electron chi connectivity index (χ3n) is 11.2. The van der Waals surface area contributed by atoms with Crippen LogP contribution in [0.1, 0.15) is 0 Å². The fourth-order valence-corrected chi connectivity index (χ4v) is 8.48. The number of anilines is 3. The predicted octanol–water partition coefficient (Wildman–Crippen LogP) is 15.5. The molecule has 0 amide bonds. The third kappa shape index (κ3) is 5.42. The van der Waals surface area contributed by atoms with Gasteiger partial charge in [-0.15, -0.1) is 0 Å². The molecule has 0 aliphatic rings. The van der Waals surface area contributed by atoms with E-state index >= 15 is 0 Å². The highest BCUT2D eigenvalue weighted by Crippen LogP contribution is 2.43. The van der Waals surface area contributed by atoms with E-state index in [-0.39, 0.29) is 0 Å². The Balaban J connectivity index is 1.05. The zero-order valence-corrected chi connectivity index (χ0v) is 30.6. The van der Waals surface area contributed by atoms with Crippen molar-refractivity contribution in [3.8, 4) is 33.4 Å². The lowest BCUT2D eigenvalue weighted by Gasteiger charge is -2.26. The maximum Gasteiger partial charge on any atom is 0.143 e. The van der Waals surface area contributed by atoms with Crippen LogP contribution in [0.15, 0.2) is 217 Å². The summed E-state index contributed by atoms with van der Waals surface area (Å²) < 4.78 is 6.82. The van der Waals surface area contributed by atoms with Gasteiger partial charge in [-0.25, -0.2) is 0 Å². The summed E-state index contributed by atoms with van der Waals surface area (Å²) in [4.78, 5) is 2.34. The standard InChI is InChI=1S/C54H35NO/c1-3-12-36(13-4-1)40-17-11-18-44(33-40)55(43-27-24-37(25-28-43)41-26-30-47-42(32-41)23-22-39-16-7-8-19-46(39)47)45-29-31-49-52-35-51(38-14-5-2-6-15-38)48-20-9-10-21-50(48)54(52)56-53(49)34-45/h1-35H. The molecular formula is C54H35NO. The van der Waals surface area contributed by atoms with Crippen molar-refractivity contribution in [3.63, 3.8) is 0 Å². The topological polar surface area (TPSA) is 16.4 Å². The van der Waals surface area contributed by atoms with E-state index in [0.29, 0.717) is 0 Å². The Hall–Kier alpha value is -7.42. The van der Waals surface area contributed by atoms with Crippen LogP contribution in [0.2, 0.25) is 0 Å². The molecular weight excluding hydrogens is 679 g/mol. The van der Waals surface area contributed by atoms with Crippen LogP contribution >= 0.6 is 0 Å². The van der Waals surface area contributed by atoms with Gasteiger partial charge < -0.3 is 9.32 Å². The van der Waals surface area contributed by atoms with Crippen molar-refractivity contribution in [2.24, 2.45) is 0 Å². The molecule has 0 aliphatic heterocycles. The molecule has 56 heavy (non-hydrogen) atoms. The Labute approximate surface area is 325 Å². The molecule has 0 N–H and O–H groups in total. The molecule has 0 spiro atoms. The van der Waals surface area contributed by atoms with Crippen molar-refractivity contribution in [1.82, 2.24) is 0 Å². The smallest absolute Gasteiger partial charge is 0.143 e. The molecule has 262 valence electrons. The number of hydrogen-bond acceptors (Lipinski definition) is 2. The summed E-state index contributed by atoms with van der Waals surface area (Å²) in [5, 5.41) is 9.59. The molecule has 11 aromatic rings. The second kappa shape index (κ2) is 13.2. The van der Waals surface area contributed by atoms with E-state index in [0.717, 1.165) is 50.0 Å². The maximum absolute atomic E-state index is 6.82. The number of furan rings is 1. The van der Waals surface area contributed by atoms with Gasteiger partial charge in [0, 0.05) is 39.3 Å². The Morgan fingerprint density at radius 3 is 1.68 bits per heavy atom. The van der Waals surface area contributed by atoms with Crippen LogP contribution in [-0.2, 0) is 0 Å². The molecule has 0 saturated carbocycles. The van der Waals surface area contributed by atoms with Crippen molar-refractivity contribution in [2.75, 3.05) is 4.90 Å². The van der Waals surface area contributed by atoms with Crippen LogP contribution < -0.4 is 4.90 Å². The molecule has 0 bridgehead atoms. The lowest BCUT2D eigenvalue weighted by atomic mass is 9.95. The second-order valence-corrected chi connectivity index (χ2v) is 14.5. The Bertz CT molecular complexity index is 3230. The molecule has 0 fully saturated rings. The monoisotopic (exact) mass is 713 g/mol. The minimum absolute atomic E-state index is 0.859. The molecule has 11 rings (SSSR count). The first-order valence-corrected chi connectivity index (χ1v) is 19.2. The van der Waals surface area contributed by atoms with Gasteiger partial charge in [0.25, 0.3) is 0 Å². The van der Waals surface area contributed by atoms with Gasteiger partial charge in [0.15, 0.2) is 0 Å². The highest BCUT2D eigenvalue weighted by molar-refractivity contribution is 6.19. The Morgan fingerprint density at radius 1 is 0.286 bits per heavy atom. The highest BCUT2D eigenvalue weighted by atomic mass is 16.3. The highest BCUT2D eigenvalue weighted by Gasteiger charge is 2.19. The SMILES string of the molecule is c1ccc(-c2cccc(N(c3ccc(-c4ccc5c(ccc6ccccc65)c4)cc3)c3ccc4c(c3)oc3c5ccccc5c(-c5ccccc5)cc43)c2)cc1. The largest absolute Gasteiger partial charge is 0.455 e. The molecule has 2 heteroatoms. The molecule has 0 atom stereocenters. The van der Waals surface area contributed by atoms with Crippen molar-refractivity contribution in [3.05, 3.63) is 212 Å². The molecule has 0 radical (unpaired) electrons. The molecule has 10 aromatic carbocycles. The fraction of sp³-hybridized carbons (Fsp3) is 0. The summed E-state index contributed by atoms with van der Waals surface area (Å²) >= 11 is 0. The zero-order valence-electron chi connectivity index (χ0n) is 30.6. The van der Waals surface area contributed by atoms with Gasteiger partial charge in [-0.2, -0.15) is 0 Å². The van der Waals surface area contributed by atoms with Gasteiger partial charge in [0.1, 0.15) is 11.2 Å². The minimum atomic E-state index is 0.859. The first kappa shape index (κ1) is 32.0. The summed E-state index contributed by atoms with van der Waals surface area (Å²) in [5.41, 5.74) is 12.1. The Kier molecular flexibility index (Phi) is 7.53. The summed E-state index contributed by atoms with van der Waals surface area (Å²) in [5.74, 6) is 0. The summed E-state index contributed by atoms with van der Waals surface area (Å²) in [6.07, 6.45) is 0. The number of hydrogen-bond donors (Lipinski definition) is 0. The summed E-state index contributed by atoms with van der Waals surface area (Å²) in [6.45, 7) is 0. The van der Waals surface area contributed by atoms with E-state index in [2.05, 4.69) is 217 Å². The van der Waals surface area contributed by atoms with Crippen LogP contribution in [0.4, 0.5) is 17.1 Å². The average Bonchev–Trinajstić information content (AvgIpc) is 3.65. The summed E-state index contributed by atoms with van der Waals surface area (Å²) in [7, 11) is 0. The van der Waals surface area contributed by atoms with Crippen molar-refractivity contribution in [1.29, 1.82) is 0 Å². The van der Waals surface area contributed by atoms with Crippen LogP contribution in [0.3, 0.4) is 0 Å². The number of fused-ring (bicyclic) bond motifs is 8. The van der Waals surface area contributed by atoms with Crippen LogP contribution in [0, 0.1) is 0 Å². The van der Waals surface area contributed by atoms with Crippen molar-refractivity contribution >= 4 is 71.3 Å². The maximum atomic E-state index is 6.82. The first-order valence-electron chi connectivity index (χ1n) is 19.2. The molecule has 2 nitrogen and oxygen atoms in total. The molecule has 0 saturated heterocycles. The van der Waals surface area contributed by atoms with Gasteiger partial charge in [0.05, 0.1) is 0 Å². The van der Waals surface area contributed by atoms with E-state index in [9.17, 15) is 0 Å². The van der Waals surface area contributed by atoms with Crippen LogP contribution in [0.5, 0.6) is 0 Å². The van der Waals surface area contributed by atoms with Crippen molar-refractivity contribution < 1.29 is 4.42 Å². The van der Waals surface area contributed by atoms with Gasteiger partial charge >= 0.3 is 0 Å². The van der Waals surface area contributed by atoms with E-state index in [1.807, 2.05) is 0 Å². The zero-order chi connectivity index (χ0) is 37.0. The second-order valence-electron chi connectivity index (χ2n) is 14.5. The molecule has 0 aliphatic carbocycles. The van der Waals surface area contributed by atoms with E-state index in [1.165, 1.54) is 54.7 Å². The number of nitrogens with zero attached hydrogens (tertiary/aromatic N) is 1. The van der Waals surface area contributed by atoms with E-state index < -0.39 is 0 Å². The summed E-state index contributed by atoms with van der Waals surface area (Å²) in [6, 6.07) is 76.3. The molecule has 0 unspecified atom stereocenters.